The van der Waals surface area contributed by atoms with Gasteiger partial charge in [0, 0.05) is 18.0 Å². The molecule has 0 bridgehead atoms. The maximum atomic E-state index is 11.2. The highest BCUT2D eigenvalue weighted by molar-refractivity contribution is 5.78. The van der Waals surface area contributed by atoms with Crippen molar-refractivity contribution in [1.82, 2.24) is 4.90 Å². The Bertz CT molecular complexity index is 229. The smallest absolute Gasteiger partial charge is 0.228 e. The first kappa shape index (κ1) is 9.83. The molecule has 13 heavy (non-hydrogen) atoms. The standard InChI is InChI=1S/C7H12N4O2/c8-10-9-5-7(13)11-3-1-6(12)2-4-11/h6,12H,1-5H2. The summed E-state index contributed by atoms with van der Waals surface area (Å²) in [5.41, 5.74) is 8.00. The molecule has 0 aliphatic carbocycles. The topological polar surface area (TPSA) is 89.3 Å². The average Bonchev–Trinajstić information content (AvgIpc) is 2.15. The first-order chi connectivity index (χ1) is 6.24. The number of azide groups is 1. The van der Waals surface area contributed by atoms with Crippen molar-refractivity contribution in [3.05, 3.63) is 10.4 Å². The third-order valence-corrected chi connectivity index (χ3v) is 2.09. The van der Waals surface area contributed by atoms with Gasteiger partial charge in [0.05, 0.1) is 6.10 Å². The molecule has 1 fully saturated rings. The minimum absolute atomic E-state index is 0.118. The fourth-order valence-corrected chi connectivity index (χ4v) is 1.31. The van der Waals surface area contributed by atoms with E-state index < -0.39 is 0 Å². The molecule has 0 spiro atoms. The summed E-state index contributed by atoms with van der Waals surface area (Å²) < 4.78 is 0. The van der Waals surface area contributed by atoms with Crippen LogP contribution in [0, 0.1) is 0 Å². The molecule has 1 amide bonds. The van der Waals surface area contributed by atoms with Gasteiger partial charge in [-0.25, -0.2) is 0 Å². The number of hydrogen-bond acceptors (Lipinski definition) is 3. The number of amides is 1. The van der Waals surface area contributed by atoms with Gasteiger partial charge < -0.3 is 10.0 Å². The van der Waals surface area contributed by atoms with E-state index in [1.807, 2.05) is 0 Å². The second kappa shape index (κ2) is 4.69. The highest BCUT2D eigenvalue weighted by Gasteiger charge is 2.20. The van der Waals surface area contributed by atoms with Crippen LogP contribution in [-0.4, -0.2) is 41.7 Å². The second-order valence-corrected chi connectivity index (χ2v) is 3.00. The molecule has 1 saturated heterocycles. The number of aliphatic hydroxyl groups excluding tert-OH is 1. The van der Waals surface area contributed by atoms with Gasteiger partial charge in [0.2, 0.25) is 5.91 Å². The second-order valence-electron chi connectivity index (χ2n) is 3.00. The zero-order valence-corrected chi connectivity index (χ0v) is 7.26. The van der Waals surface area contributed by atoms with E-state index in [-0.39, 0.29) is 18.6 Å². The molecule has 72 valence electrons. The van der Waals surface area contributed by atoms with Gasteiger partial charge in [0.1, 0.15) is 6.54 Å². The van der Waals surface area contributed by atoms with Crippen molar-refractivity contribution in [2.45, 2.75) is 18.9 Å². The predicted molar refractivity (Wildman–Crippen MR) is 45.8 cm³/mol. The zero-order chi connectivity index (χ0) is 9.68. The van der Waals surface area contributed by atoms with E-state index in [1.165, 1.54) is 0 Å². The van der Waals surface area contributed by atoms with Crippen molar-refractivity contribution in [3.63, 3.8) is 0 Å². The predicted octanol–water partition coefficient (Wildman–Crippen LogP) is 0.280. The highest BCUT2D eigenvalue weighted by Crippen LogP contribution is 2.09. The summed E-state index contributed by atoms with van der Waals surface area (Å²) in [7, 11) is 0. The summed E-state index contributed by atoms with van der Waals surface area (Å²) >= 11 is 0. The number of nitrogens with zero attached hydrogens (tertiary/aromatic N) is 4. The van der Waals surface area contributed by atoms with Gasteiger partial charge in [-0.15, -0.1) is 0 Å². The molecule has 0 unspecified atom stereocenters. The van der Waals surface area contributed by atoms with Crippen LogP contribution in [0.5, 0.6) is 0 Å². The van der Waals surface area contributed by atoms with Gasteiger partial charge in [-0.3, -0.25) is 4.79 Å². The van der Waals surface area contributed by atoms with Crippen LogP contribution in [0.4, 0.5) is 0 Å². The third-order valence-electron chi connectivity index (χ3n) is 2.09. The number of carbonyl (C=O) groups is 1. The Hall–Kier alpha value is -1.26. The van der Waals surface area contributed by atoms with Crippen LogP contribution >= 0.6 is 0 Å². The highest BCUT2D eigenvalue weighted by atomic mass is 16.3. The van der Waals surface area contributed by atoms with E-state index >= 15 is 0 Å². The van der Waals surface area contributed by atoms with Gasteiger partial charge in [0.15, 0.2) is 0 Å². The summed E-state index contributed by atoms with van der Waals surface area (Å²) in [6, 6.07) is 0. The van der Waals surface area contributed by atoms with Crippen LogP contribution < -0.4 is 0 Å². The normalized spacial score (nSPS) is 18.1. The van der Waals surface area contributed by atoms with E-state index in [1.54, 1.807) is 4.90 Å². The van der Waals surface area contributed by atoms with Crippen molar-refractivity contribution in [2.75, 3.05) is 19.6 Å². The molecule has 1 aliphatic rings. The lowest BCUT2D eigenvalue weighted by Gasteiger charge is -2.29. The fourth-order valence-electron chi connectivity index (χ4n) is 1.31. The van der Waals surface area contributed by atoms with Crippen molar-refractivity contribution in [1.29, 1.82) is 0 Å². The van der Waals surface area contributed by atoms with Crippen LogP contribution in [0.2, 0.25) is 0 Å². The molecule has 0 aromatic carbocycles. The summed E-state index contributed by atoms with van der Waals surface area (Å²) in [5, 5.41) is 12.4. The molecule has 0 saturated carbocycles. The monoisotopic (exact) mass is 184 g/mol. The fraction of sp³-hybridized carbons (Fsp3) is 0.857. The summed E-state index contributed by atoms with van der Waals surface area (Å²) in [6.45, 7) is 0.995. The van der Waals surface area contributed by atoms with Crippen molar-refractivity contribution >= 4 is 5.91 Å². The first-order valence-electron chi connectivity index (χ1n) is 4.20. The third kappa shape index (κ3) is 2.93. The van der Waals surface area contributed by atoms with Crippen LogP contribution in [0.25, 0.3) is 10.4 Å². The van der Waals surface area contributed by atoms with Gasteiger partial charge in [-0.05, 0) is 18.4 Å². The largest absolute Gasteiger partial charge is 0.393 e. The molecule has 6 nitrogen and oxygen atoms in total. The van der Waals surface area contributed by atoms with E-state index in [0.29, 0.717) is 25.9 Å². The first-order valence-corrected chi connectivity index (χ1v) is 4.20. The quantitative estimate of drug-likeness (QED) is 0.379. The Morgan fingerprint density at radius 2 is 2.23 bits per heavy atom. The van der Waals surface area contributed by atoms with Gasteiger partial charge in [0.25, 0.3) is 0 Å². The average molecular weight is 184 g/mol. The molecular formula is C7H12N4O2. The SMILES string of the molecule is [N-]=[N+]=NCC(=O)N1CCC(O)CC1. The summed E-state index contributed by atoms with van der Waals surface area (Å²) in [5.74, 6) is -0.162. The maximum absolute atomic E-state index is 11.2. The Morgan fingerprint density at radius 3 is 2.77 bits per heavy atom. The van der Waals surface area contributed by atoms with Crippen LogP contribution in [-0.2, 0) is 4.79 Å². The van der Waals surface area contributed by atoms with Crippen LogP contribution in [0.15, 0.2) is 5.11 Å². The molecule has 1 aliphatic heterocycles. The molecule has 0 atom stereocenters. The van der Waals surface area contributed by atoms with Crippen molar-refractivity contribution < 1.29 is 9.90 Å². The molecule has 1 heterocycles. The number of aliphatic hydroxyl groups is 1. The van der Waals surface area contributed by atoms with E-state index in [4.69, 9.17) is 10.6 Å². The zero-order valence-electron chi connectivity index (χ0n) is 7.26. The van der Waals surface area contributed by atoms with Gasteiger partial charge in [-0.1, -0.05) is 5.11 Å². The maximum Gasteiger partial charge on any atom is 0.228 e. The van der Waals surface area contributed by atoms with E-state index in [2.05, 4.69) is 10.0 Å². The number of rotatable bonds is 2. The van der Waals surface area contributed by atoms with E-state index in [9.17, 15) is 4.79 Å². The molecule has 6 heteroatoms. The van der Waals surface area contributed by atoms with Crippen LogP contribution in [0.1, 0.15) is 12.8 Å². The Kier molecular flexibility index (Phi) is 3.54. The van der Waals surface area contributed by atoms with Crippen LogP contribution in [0.3, 0.4) is 0 Å². The Morgan fingerprint density at radius 1 is 1.62 bits per heavy atom. The Balaban J connectivity index is 2.35. The number of hydrogen-bond donors (Lipinski definition) is 1. The van der Waals surface area contributed by atoms with Crippen molar-refractivity contribution in [2.24, 2.45) is 5.11 Å². The lowest BCUT2D eigenvalue weighted by Crippen LogP contribution is -2.41. The summed E-state index contributed by atoms with van der Waals surface area (Å²) in [6.07, 6.45) is 0.938. The molecular weight excluding hydrogens is 172 g/mol. The number of piperidine rings is 1. The molecule has 0 aromatic heterocycles. The van der Waals surface area contributed by atoms with Gasteiger partial charge >= 0.3 is 0 Å². The summed E-state index contributed by atoms with van der Waals surface area (Å²) in [4.78, 5) is 15.4. The number of likely N-dealkylation sites (tertiary alicyclic amines) is 1. The molecule has 1 N–H and O–H groups in total. The van der Waals surface area contributed by atoms with Crippen molar-refractivity contribution in [3.8, 4) is 0 Å². The lowest BCUT2D eigenvalue weighted by molar-refractivity contribution is -0.131. The molecule has 0 aromatic rings. The number of carbonyl (C=O) groups excluding carboxylic acids is 1. The van der Waals surface area contributed by atoms with E-state index in [0.717, 1.165) is 0 Å². The molecule has 0 radical (unpaired) electrons. The minimum atomic E-state index is -0.288. The Labute approximate surface area is 75.8 Å². The van der Waals surface area contributed by atoms with Gasteiger partial charge in [-0.2, -0.15) is 0 Å². The molecule has 1 rings (SSSR count). The minimum Gasteiger partial charge on any atom is -0.393 e. The lowest BCUT2D eigenvalue weighted by atomic mass is 10.1.